The lowest BCUT2D eigenvalue weighted by molar-refractivity contribution is 0.103. The van der Waals surface area contributed by atoms with E-state index < -0.39 is 0 Å². The Hall–Kier alpha value is -2.00. The summed E-state index contributed by atoms with van der Waals surface area (Å²) >= 11 is 0. The molecule has 3 rings (SSSR count). The predicted octanol–water partition coefficient (Wildman–Crippen LogP) is 2.66. The number of benzene rings is 2. The van der Waals surface area contributed by atoms with E-state index in [4.69, 9.17) is 0 Å². The van der Waals surface area contributed by atoms with Crippen LogP contribution in [-0.4, -0.2) is 5.78 Å². The molecule has 0 aliphatic carbocycles. The van der Waals surface area contributed by atoms with Crippen LogP contribution in [0.2, 0.25) is 0 Å². The minimum atomic E-state index is -0.385. The summed E-state index contributed by atoms with van der Waals surface area (Å²) in [5, 5.41) is 3.23. The zero-order chi connectivity index (χ0) is 12.5. The Kier molecular flexibility index (Phi) is 2.68. The van der Waals surface area contributed by atoms with Gasteiger partial charge in [0.15, 0.2) is 5.78 Å². The SMILES string of the molecule is O=C(c1cccc(F)c1)c1ccc2c(c1)CNC2. The molecule has 0 saturated carbocycles. The average Bonchev–Trinajstić information content (AvgIpc) is 2.85. The monoisotopic (exact) mass is 241 g/mol. The molecule has 2 nitrogen and oxygen atoms in total. The second-order valence-electron chi connectivity index (χ2n) is 4.43. The number of rotatable bonds is 2. The van der Waals surface area contributed by atoms with Gasteiger partial charge in [-0.05, 0) is 29.3 Å². The van der Waals surface area contributed by atoms with Crippen LogP contribution in [0, 0.1) is 5.82 Å². The maximum atomic E-state index is 13.1. The van der Waals surface area contributed by atoms with Gasteiger partial charge in [0.2, 0.25) is 0 Å². The molecule has 2 aromatic rings. The maximum absolute atomic E-state index is 13.1. The van der Waals surface area contributed by atoms with E-state index in [1.165, 1.54) is 17.7 Å². The lowest BCUT2D eigenvalue weighted by Crippen LogP contribution is -2.03. The quantitative estimate of drug-likeness (QED) is 0.819. The fourth-order valence-electron chi connectivity index (χ4n) is 2.23. The van der Waals surface area contributed by atoms with Crippen molar-refractivity contribution in [1.29, 1.82) is 0 Å². The van der Waals surface area contributed by atoms with Gasteiger partial charge in [0, 0.05) is 24.2 Å². The van der Waals surface area contributed by atoms with E-state index in [2.05, 4.69) is 5.32 Å². The number of carbonyl (C=O) groups excluding carboxylic acids is 1. The van der Waals surface area contributed by atoms with Crippen LogP contribution in [0.25, 0.3) is 0 Å². The third kappa shape index (κ3) is 1.93. The van der Waals surface area contributed by atoms with E-state index in [9.17, 15) is 9.18 Å². The van der Waals surface area contributed by atoms with Gasteiger partial charge in [-0.1, -0.05) is 24.3 Å². The van der Waals surface area contributed by atoms with Crippen LogP contribution in [0.1, 0.15) is 27.0 Å². The van der Waals surface area contributed by atoms with Crippen LogP contribution in [0.15, 0.2) is 42.5 Å². The first-order valence-corrected chi connectivity index (χ1v) is 5.87. The Morgan fingerprint density at radius 3 is 2.61 bits per heavy atom. The zero-order valence-electron chi connectivity index (χ0n) is 9.74. The van der Waals surface area contributed by atoms with Gasteiger partial charge < -0.3 is 5.32 Å². The van der Waals surface area contributed by atoms with Crippen LogP contribution < -0.4 is 5.32 Å². The molecule has 18 heavy (non-hydrogen) atoms. The molecule has 1 aliphatic rings. The molecule has 0 saturated heterocycles. The third-order valence-electron chi connectivity index (χ3n) is 3.19. The minimum absolute atomic E-state index is 0.135. The second-order valence-corrected chi connectivity index (χ2v) is 4.43. The molecule has 1 N–H and O–H groups in total. The van der Waals surface area contributed by atoms with Gasteiger partial charge in [0.25, 0.3) is 0 Å². The molecule has 0 bridgehead atoms. The van der Waals surface area contributed by atoms with Crippen LogP contribution in [-0.2, 0) is 13.1 Å². The molecule has 0 amide bonds. The molecule has 0 unspecified atom stereocenters. The standard InChI is InChI=1S/C15H12FNO/c16-14-3-1-2-10(7-14)15(18)11-4-5-12-8-17-9-13(12)6-11/h1-7,17H,8-9H2. The van der Waals surface area contributed by atoms with Crippen molar-refractivity contribution in [3.8, 4) is 0 Å². The highest BCUT2D eigenvalue weighted by Crippen LogP contribution is 2.19. The van der Waals surface area contributed by atoms with Gasteiger partial charge in [-0.3, -0.25) is 4.79 Å². The van der Waals surface area contributed by atoms with E-state index in [1.54, 1.807) is 18.2 Å². The van der Waals surface area contributed by atoms with Crippen molar-refractivity contribution in [2.45, 2.75) is 13.1 Å². The summed E-state index contributed by atoms with van der Waals surface area (Å²) in [5.41, 5.74) is 3.38. The summed E-state index contributed by atoms with van der Waals surface area (Å²) in [6.07, 6.45) is 0. The normalized spacial score (nSPS) is 13.4. The molecule has 0 spiro atoms. The number of hydrogen-bond acceptors (Lipinski definition) is 2. The number of carbonyl (C=O) groups is 1. The van der Waals surface area contributed by atoms with E-state index in [1.807, 2.05) is 12.1 Å². The smallest absolute Gasteiger partial charge is 0.193 e. The Morgan fingerprint density at radius 1 is 1.00 bits per heavy atom. The summed E-state index contributed by atoms with van der Waals surface area (Å²) in [4.78, 5) is 12.2. The number of hydrogen-bond donors (Lipinski definition) is 1. The Bertz CT molecular complexity index is 622. The average molecular weight is 241 g/mol. The van der Waals surface area contributed by atoms with Crippen molar-refractivity contribution in [3.05, 3.63) is 70.5 Å². The first kappa shape index (κ1) is 11.1. The number of nitrogens with one attached hydrogen (secondary N) is 1. The fraction of sp³-hybridized carbons (Fsp3) is 0.133. The van der Waals surface area contributed by atoms with E-state index in [-0.39, 0.29) is 11.6 Å². The molecule has 1 heterocycles. The molecular weight excluding hydrogens is 229 g/mol. The molecule has 0 atom stereocenters. The molecule has 0 fully saturated rings. The number of fused-ring (bicyclic) bond motifs is 1. The van der Waals surface area contributed by atoms with E-state index >= 15 is 0 Å². The zero-order valence-corrected chi connectivity index (χ0v) is 9.74. The lowest BCUT2D eigenvalue weighted by Gasteiger charge is -2.04. The highest BCUT2D eigenvalue weighted by molar-refractivity contribution is 6.09. The van der Waals surface area contributed by atoms with Crippen molar-refractivity contribution < 1.29 is 9.18 Å². The van der Waals surface area contributed by atoms with Gasteiger partial charge in [-0.25, -0.2) is 4.39 Å². The van der Waals surface area contributed by atoms with Crippen molar-refractivity contribution in [1.82, 2.24) is 5.32 Å². The maximum Gasteiger partial charge on any atom is 0.193 e. The first-order valence-electron chi connectivity index (χ1n) is 5.87. The molecule has 2 aromatic carbocycles. The van der Waals surface area contributed by atoms with Gasteiger partial charge in [-0.15, -0.1) is 0 Å². The Morgan fingerprint density at radius 2 is 1.78 bits per heavy atom. The number of halogens is 1. The Balaban J connectivity index is 1.98. The first-order chi connectivity index (χ1) is 8.74. The second kappa shape index (κ2) is 4.35. The van der Waals surface area contributed by atoms with Crippen molar-refractivity contribution in [2.75, 3.05) is 0 Å². The third-order valence-corrected chi connectivity index (χ3v) is 3.19. The van der Waals surface area contributed by atoms with Gasteiger partial charge in [0.1, 0.15) is 5.82 Å². The predicted molar refractivity (Wildman–Crippen MR) is 66.8 cm³/mol. The minimum Gasteiger partial charge on any atom is -0.309 e. The fourth-order valence-corrected chi connectivity index (χ4v) is 2.23. The summed E-state index contributed by atoms with van der Waals surface area (Å²) in [5.74, 6) is -0.520. The molecule has 90 valence electrons. The molecule has 1 aliphatic heterocycles. The highest BCUT2D eigenvalue weighted by Gasteiger charge is 2.14. The van der Waals surface area contributed by atoms with Gasteiger partial charge in [-0.2, -0.15) is 0 Å². The highest BCUT2D eigenvalue weighted by atomic mass is 19.1. The van der Waals surface area contributed by atoms with Crippen LogP contribution >= 0.6 is 0 Å². The lowest BCUT2D eigenvalue weighted by atomic mass is 9.99. The number of ketones is 1. The van der Waals surface area contributed by atoms with Crippen LogP contribution in [0.3, 0.4) is 0 Å². The van der Waals surface area contributed by atoms with Crippen molar-refractivity contribution >= 4 is 5.78 Å². The summed E-state index contributed by atoms with van der Waals surface area (Å²) in [6.45, 7) is 1.64. The van der Waals surface area contributed by atoms with Gasteiger partial charge in [0.05, 0.1) is 0 Å². The van der Waals surface area contributed by atoms with Gasteiger partial charge >= 0.3 is 0 Å². The van der Waals surface area contributed by atoms with E-state index in [0.717, 1.165) is 18.7 Å². The molecule has 3 heteroatoms. The van der Waals surface area contributed by atoms with Crippen molar-refractivity contribution in [2.24, 2.45) is 0 Å². The summed E-state index contributed by atoms with van der Waals surface area (Å²) in [6, 6.07) is 11.5. The van der Waals surface area contributed by atoms with Crippen molar-refractivity contribution in [3.63, 3.8) is 0 Å². The van der Waals surface area contributed by atoms with E-state index in [0.29, 0.717) is 11.1 Å². The largest absolute Gasteiger partial charge is 0.309 e. The summed E-state index contributed by atoms with van der Waals surface area (Å²) in [7, 11) is 0. The van der Waals surface area contributed by atoms with Crippen LogP contribution in [0.5, 0.6) is 0 Å². The molecule has 0 radical (unpaired) electrons. The summed E-state index contributed by atoms with van der Waals surface area (Å²) < 4.78 is 13.1. The topological polar surface area (TPSA) is 29.1 Å². The van der Waals surface area contributed by atoms with Crippen LogP contribution in [0.4, 0.5) is 4.39 Å². The molecule has 0 aromatic heterocycles. The Labute approximate surface area is 104 Å². The molecular formula is C15H12FNO.